The number of nitrogens with one attached hydrogen (secondary N) is 2. The fourth-order valence-corrected chi connectivity index (χ4v) is 2.82. The SMILES string of the molecule is CCNC(=NCc1nc(C)c(C)o1)NCCCOc1ccc2ccccc2c1.I. The molecule has 0 radical (unpaired) electrons. The molecule has 0 bridgehead atoms. The van der Waals surface area contributed by atoms with Crippen LogP contribution in [0.5, 0.6) is 5.75 Å². The molecular weight excluding hydrogens is 479 g/mol. The quantitative estimate of drug-likeness (QED) is 0.202. The Hall–Kier alpha value is -2.29. The molecule has 3 aromatic rings. The average Bonchev–Trinajstić information content (AvgIpc) is 3.03. The van der Waals surface area contributed by atoms with Crippen molar-refractivity contribution in [1.82, 2.24) is 15.6 Å². The monoisotopic (exact) mass is 508 g/mol. The molecule has 29 heavy (non-hydrogen) atoms. The topological polar surface area (TPSA) is 71.7 Å². The molecule has 0 saturated carbocycles. The van der Waals surface area contributed by atoms with Gasteiger partial charge in [0.15, 0.2) is 5.96 Å². The molecule has 0 aliphatic heterocycles. The van der Waals surface area contributed by atoms with Crippen LogP contribution < -0.4 is 15.4 Å². The molecule has 0 aliphatic rings. The number of oxazole rings is 1. The van der Waals surface area contributed by atoms with Gasteiger partial charge >= 0.3 is 0 Å². The highest BCUT2D eigenvalue weighted by molar-refractivity contribution is 14.0. The lowest BCUT2D eigenvalue weighted by Gasteiger charge is -2.11. The molecule has 0 aliphatic carbocycles. The van der Waals surface area contributed by atoms with Crippen molar-refractivity contribution in [3.8, 4) is 5.75 Å². The van der Waals surface area contributed by atoms with Crippen molar-refractivity contribution in [3.05, 3.63) is 59.8 Å². The van der Waals surface area contributed by atoms with Crippen molar-refractivity contribution in [1.29, 1.82) is 0 Å². The lowest BCUT2D eigenvalue weighted by molar-refractivity contribution is 0.311. The van der Waals surface area contributed by atoms with Gasteiger partial charge in [0.1, 0.15) is 18.1 Å². The van der Waals surface area contributed by atoms with Gasteiger partial charge in [-0.15, -0.1) is 24.0 Å². The fourth-order valence-electron chi connectivity index (χ4n) is 2.82. The minimum Gasteiger partial charge on any atom is -0.494 e. The highest BCUT2D eigenvalue weighted by Gasteiger charge is 2.05. The molecule has 3 rings (SSSR count). The van der Waals surface area contributed by atoms with Crippen LogP contribution in [-0.4, -0.2) is 30.6 Å². The van der Waals surface area contributed by atoms with Gasteiger partial charge in [0.25, 0.3) is 0 Å². The first-order valence-electron chi connectivity index (χ1n) is 9.72. The van der Waals surface area contributed by atoms with Crippen LogP contribution >= 0.6 is 24.0 Å². The summed E-state index contributed by atoms with van der Waals surface area (Å²) in [6.07, 6.45) is 0.870. The summed E-state index contributed by atoms with van der Waals surface area (Å²) in [5, 5.41) is 8.96. The van der Waals surface area contributed by atoms with E-state index in [2.05, 4.69) is 44.9 Å². The minimum absolute atomic E-state index is 0. The Bertz CT molecular complexity index is 920. The van der Waals surface area contributed by atoms with Crippen LogP contribution in [0.1, 0.15) is 30.7 Å². The van der Waals surface area contributed by atoms with Crippen molar-refractivity contribution in [2.24, 2.45) is 4.99 Å². The summed E-state index contributed by atoms with van der Waals surface area (Å²) in [6, 6.07) is 14.5. The Balaban J connectivity index is 0.00000300. The zero-order chi connectivity index (χ0) is 19.8. The van der Waals surface area contributed by atoms with E-state index in [4.69, 9.17) is 9.15 Å². The number of hydrogen-bond acceptors (Lipinski definition) is 4. The molecule has 0 unspecified atom stereocenters. The molecule has 1 aromatic heterocycles. The maximum Gasteiger partial charge on any atom is 0.216 e. The highest BCUT2D eigenvalue weighted by atomic mass is 127. The summed E-state index contributed by atoms with van der Waals surface area (Å²) in [5.41, 5.74) is 0.911. The second kappa shape index (κ2) is 11.6. The van der Waals surface area contributed by atoms with E-state index in [0.29, 0.717) is 19.0 Å². The first kappa shape index (κ1) is 23.0. The second-order valence-corrected chi connectivity index (χ2v) is 6.58. The van der Waals surface area contributed by atoms with Crippen LogP contribution in [0.25, 0.3) is 10.8 Å². The molecule has 0 atom stereocenters. The lowest BCUT2D eigenvalue weighted by Crippen LogP contribution is -2.38. The maximum absolute atomic E-state index is 5.88. The molecule has 0 fully saturated rings. The largest absolute Gasteiger partial charge is 0.494 e. The van der Waals surface area contributed by atoms with Gasteiger partial charge in [0, 0.05) is 13.1 Å². The number of benzene rings is 2. The molecule has 6 nitrogen and oxygen atoms in total. The molecule has 0 saturated heterocycles. The van der Waals surface area contributed by atoms with Crippen LogP contribution in [0, 0.1) is 13.8 Å². The van der Waals surface area contributed by atoms with E-state index in [1.54, 1.807) is 0 Å². The van der Waals surface area contributed by atoms with Gasteiger partial charge < -0.3 is 19.8 Å². The number of nitrogens with zero attached hydrogens (tertiary/aromatic N) is 2. The lowest BCUT2D eigenvalue weighted by atomic mass is 10.1. The van der Waals surface area contributed by atoms with Gasteiger partial charge in [0.05, 0.1) is 12.3 Å². The van der Waals surface area contributed by atoms with Gasteiger partial charge in [-0.1, -0.05) is 30.3 Å². The van der Waals surface area contributed by atoms with Gasteiger partial charge in [0.2, 0.25) is 5.89 Å². The van der Waals surface area contributed by atoms with E-state index >= 15 is 0 Å². The van der Waals surface area contributed by atoms with Crippen LogP contribution in [0.4, 0.5) is 0 Å². The van der Waals surface area contributed by atoms with Crippen LogP contribution in [0.3, 0.4) is 0 Å². The Morgan fingerprint density at radius 1 is 1.10 bits per heavy atom. The molecule has 0 amide bonds. The number of guanidine groups is 1. The van der Waals surface area contributed by atoms with E-state index in [1.807, 2.05) is 39.0 Å². The van der Waals surface area contributed by atoms with Gasteiger partial charge in [-0.3, -0.25) is 0 Å². The molecule has 1 heterocycles. The van der Waals surface area contributed by atoms with E-state index < -0.39 is 0 Å². The number of rotatable bonds is 8. The predicted molar refractivity (Wildman–Crippen MR) is 128 cm³/mol. The molecular formula is C22H29IN4O2. The normalized spacial score (nSPS) is 11.2. The third-order valence-corrected chi connectivity index (χ3v) is 4.39. The van der Waals surface area contributed by atoms with Crippen LogP contribution in [0.15, 0.2) is 51.9 Å². The molecule has 7 heteroatoms. The Labute approximate surface area is 189 Å². The first-order chi connectivity index (χ1) is 13.7. The predicted octanol–water partition coefficient (Wildman–Crippen LogP) is 4.59. The first-order valence-corrected chi connectivity index (χ1v) is 9.72. The third kappa shape index (κ3) is 6.92. The molecule has 2 N–H and O–H groups in total. The summed E-state index contributed by atoms with van der Waals surface area (Å²) >= 11 is 0. The zero-order valence-corrected chi connectivity index (χ0v) is 19.5. The van der Waals surface area contributed by atoms with Gasteiger partial charge in [-0.25, -0.2) is 9.98 Å². The number of fused-ring (bicyclic) bond motifs is 1. The zero-order valence-electron chi connectivity index (χ0n) is 17.2. The van der Waals surface area contributed by atoms with Crippen molar-refractivity contribution in [2.45, 2.75) is 33.7 Å². The minimum atomic E-state index is 0. The summed E-state index contributed by atoms with van der Waals surface area (Å²) in [7, 11) is 0. The maximum atomic E-state index is 5.88. The standard InChI is InChI=1S/C22H28N4O2.HI/c1-4-23-22(25-15-21-26-16(2)17(3)28-21)24-12-7-13-27-20-11-10-18-8-5-6-9-19(18)14-20;/h5-6,8-11,14H,4,7,12-13,15H2,1-3H3,(H2,23,24,25);1H. The van der Waals surface area contributed by atoms with Crippen molar-refractivity contribution in [3.63, 3.8) is 0 Å². The number of halogens is 1. The third-order valence-electron chi connectivity index (χ3n) is 4.39. The number of aliphatic imine (C=N–C) groups is 1. The Morgan fingerprint density at radius 2 is 1.90 bits per heavy atom. The Morgan fingerprint density at radius 3 is 2.62 bits per heavy atom. The number of aryl methyl sites for hydroxylation is 2. The molecule has 0 spiro atoms. The summed E-state index contributed by atoms with van der Waals surface area (Å²) in [6.45, 7) is 8.51. The average molecular weight is 508 g/mol. The number of hydrogen-bond donors (Lipinski definition) is 2. The van der Waals surface area contributed by atoms with E-state index in [0.717, 1.165) is 42.7 Å². The van der Waals surface area contributed by atoms with Gasteiger partial charge in [-0.05, 0) is 50.1 Å². The number of ether oxygens (including phenoxy) is 1. The number of aromatic nitrogens is 1. The fraction of sp³-hybridized carbons (Fsp3) is 0.364. The van der Waals surface area contributed by atoms with Crippen LogP contribution in [-0.2, 0) is 6.54 Å². The van der Waals surface area contributed by atoms with Crippen LogP contribution in [0.2, 0.25) is 0 Å². The highest BCUT2D eigenvalue weighted by Crippen LogP contribution is 2.20. The smallest absolute Gasteiger partial charge is 0.216 e. The Kier molecular flexibility index (Phi) is 9.24. The summed E-state index contributed by atoms with van der Waals surface area (Å²) in [4.78, 5) is 8.88. The van der Waals surface area contributed by atoms with Crippen molar-refractivity contribution < 1.29 is 9.15 Å². The van der Waals surface area contributed by atoms with Crippen molar-refractivity contribution in [2.75, 3.05) is 19.7 Å². The summed E-state index contributed by atoms with van der Waals surface area (Å²) in [5.74, 6) is 3.12. The summed E-state index contributed by atoms with van der Waals surface area (Å²) < 4.78 is 11.4. The van der Waals surface area contributed by atoms with Gasteiger partial charge in [-0.2, -0.15) is 0 Å². The molecule has 156 valence electrons. The van der Waals surface area contributed by atoms with E-state index in [9.17, 15) is 0 Å². The van der Waals surface area contributed by atoms with E-state index in [-0.39, 0.29) is 24.0 Å². The second-order valence-electron chi connectivity index (χ2n) is 6.58. The molecule has 2 aromatic carbocycles. The van der Waals surface area contributed by atoms with Crippen molar-refractivity contribution >= 4 is 40.7 Å². The van der Waals surface area contributed by atoms with E-state index in [1.165, 1.54) is 10.8 Å².